The molecule has 4 rings (SSSR count). The Kier molecular flexibility index (Phi) is 12.3. The van der Waals surface area contributed by atoms with Crippen LogP contribution in [0.25, 0.3) is 0 Å². The Morgan fingerprint density at radius 3 is 1.66 bits per heavy atom. The highest BCUT2D eigenvalue weighted by atomic mass is 16.8. The SMILES string of the molecule is CC(=O)N[C@@H]1[C@@H](O[C@@H]2O[C@H](CO)[C@H](O)[C@H](O)[C@H]2O[C@@H]2O[C@@H](C)[C@@H](O)C[C@@H]2O)[C@H](O[C@@H]2O[C@@H](C)[C@@H](O)C[C@@H]2O)[C@@H](CO)O[C@H]1O. The van der Waals surface area contributed by atoms with Crippen molar-refractivity contribution < 1.29 is 83.9 Å². The molecule has 0 spiro atoms. The van der Waals surface area contributed by atoms with Crippen molar-refractivity contribution >= 4 is 5.91 Å². The van der Waals surface area contributed by atoms with Crippen molar-refractivity contribution in [2.75, 3.05) is 13.2 Å². The van der Waals surface area contributed by atoms with Gasteiger partial charge in [0.25, 0.3) is 0 Å². The lowest BCUT2D eigenvalue weighted by molar-refractivity contribution is -0.384. The Labute approximate surface area is 252 Å². The third-order valence-electron chi connectivity index (χ3n) is 8.29. The van der Waals surface area contributed by atoms with E-state index in [9.17, 15) is 50.8 Å². The summed E-state index contributed by atoms with van der Waals surface area (Å²) in [6.07, 6.45) is -23.6. The predicted octanol–water partition coefficient (Wildman–Crippen LogP) is -5.49. The van der Waals surface area contributed by atoms with Crippen LogP contribution in [0, 0.1) is 0 Å². The molecule has 10 N–H and O–H groups in total. The molecular weight excluding hydrogens is 598 g/mol. The maximum atomic E-state index is 12.1. The third kappa shape index (κ3) is 7.85. The lowest BCUT2D eigenvalue weighted by Crippen LogP contribution is -2.69. The molecule has 0 aliphatic carbocycles. The van der Waals surface area contributed by atoms with Crippen molar-refractivity contribution in [2.45, 2.75) is 144 Å². The van der Waals surface area contributed by atoms with Gasteiger partial charge in [-0.2, -0.15) is 0 Å². The molecule has 256 valence electrons. The summed E-state index contributed by atoms with van der Waals surface area (Å²) >= 11 is 0. The van der Waals surface area contributed by atoms with Gasteiger partial charge in [0.15, 0.2) is 25.2 Å². The Balaban J connectivity index is 1.66. The summed E-state index contributed by atoms with van der Waals surface area (Å²) in [6.45, 7) is 2.71. The van der Waals surface area contributed by atoms with E-state index in [-0.39, 0.29) is 12.8 Å². The fourth-order valence-corrected chi connectivity index (χ4v) is 5.69. The number of ether oxygens (including phenoxy) is 7. The second kappa shape index (κ2) is 15.2. The first-order valence-electron chi connectivity index (χ1n) is 14.6. The molecule has 1 amide bonds. The van der Waals surface area contributed by atoms with Gasteiger partial charge >= 0.3 is 0 Å². The standard InChI is InChI=1S/C26H45NO17/c1-8-11(31)4-13(33)24(38-8)42-20-16(7-29)40-23(37)17(27-10(3)30)21(20)43-26-22(19(36)18(35)15(6-28)41-26)44-25-14(34)5-12(32)9(2)39-25/h8-9,11-26,28-29,31-37H,4-7H2,1-3H3,(H,27,30)/t8-,9-,11-,12-,13-,14-,15+,16+,17+,18-,19-,20+,21+,22+,23+,24-,25-,26-/m0/s1. The van der Waals surface area contributed by atoms with E-state index in [0.717, 1.165) is 6.92 Å². The average molecular weight is 644 g/mol. The minimum Gasteiger partial charge on any atom is -0.394 e. The minimum absolute atomic E-state index is 0.118. The molecule has 4 saturated heterocycles. The number of aliphatic hydroxyl groups is 9. The van der Waals surface area contributed by atoms with Crippen molar-refractivity contribution in [1.82, 2.24) is 5.32 Å². The number of carbonyl (C=O) groups is 1. The molecule has 0 saturated carbocycles. The molecule has 4 aliphatic rings. The van der Waals surface area contributed by atoms with E-state index < -0.39 is 130 Å². The molecule has 0 bridgehead atoms. The molecule has 4 heterocycles. The molecule has 4 fully saturated rings. The topological polar surface area (TPSA) is 276 Å². The van der Waals surface area contributed by atoms with Crippen molar-refractivity contribution in [3.63, 3.8) is 0 Å². The number of aliphatic hydroxyl groups excluding tert-OH is 9. The van der Waals surface area contributed by atoms with Gasteiger partial charge in [-0.25, -0.2) is 0 Å². The number of carbonyl (C=O) groups excluding carboxylic acids is 1. The number of amides is 1. The summed E-state index contributed by atoms with van der Waals surface area (Å²) in [5.74, 6) is -0.634. The van der Waals surface area contributed by atoms with Crippen LogP contribution in [0.1, 0.15) is 33.6 Å². The maximum absolute atomic E-state index is 12.1. The quantitative estimate of drug-likeness (QED) is 0.112. The van der Waals surface area contributed by atoms with Crippen molar-refractivity contribution in [2.24, 2.45) is 0 Å². The van der Waals surface area contributed by atoms with Crippen LogP contribution in [-0.4, -0.2) is 176 Å². The normalized spacial score (nSPS) is 50.3. The maximum Gasteiger partial charge on any atom is 0.217 e. The van der Waals surface area contributed by atoms with Gasteiger partial charge < -0.3 is 84.4 Å². The average Bonchev–Trinajstić information content (AvgIpc) is 2.96. The Morgan fingerprint density at radius 1 is 0.659 bits per heavy atom. The van der Waals surface area contributed by atoms with Crippen molar-refractivity contribution in [3.05, 3.63) is 0 Å². The minimum atomic E-state index is -1.80. The molecule has 0 aromatic rings. The van der Waals surface area contributed by atoms with Crippen LogP contribution in [0.15, 0.2) is 0 Å². The molecule has 0 aromatic heterocycles. The van der Waals surface area contributed by atoms with E-state index >= 15 is 0 Å². The molecule has 18 nitrogen and oxygen atoms in total. The number of hydrogen-bond acceptors (Lipinski definition) is 17. The van der Waals surface area contributed by atoms with Gasteiger partial charge in [0, 0.05) is 19.8 Å². The van der Waals surface area contributed by atoms with Gasteiger partial charge in [-0.05, 0) is 13.8 Å². The number of hydrogen-bond donors (Lipinski definition) is 10. The van der Waals surface area contributed by atoms with E-state index in [4.69, 9.17) is 33.2 Å². The van der Waals surface area contributed by atoms with Crippen LogP contribution in [0.3, 0.4) is 0 Å². The molecule has 0 unspecified atom stereocenters. The molecule has 0 radical (unpaired) electrons. The van der Waals surface area contributed by atoms with E-state index in [2.05, 4.69) is 5.32 Å². The molecule has 0 aromatic carbocycles. The van der Waals surface area contributed by atoms with E-state index in [1.807, 2.05) is 0 Å². The zero-order valence-corrected chi connectivity index (χ0v) is 24.5. The van der Waals surface area contributed by atoms with E-state index in [1.165, 1.54) is 6.92 Å². The van der Waals surface area contributed by atoms with Crippen molar-refractivity contribution in [3.8, 4) is 0 Å². The van der Waals surface area contributed by atoms with Crippen LogP contribution in [-0.2, 0) is 38.0 Å². The van der Waals surface area contributed by atoms with Crippen LogP contribution < -0.4 is 5.32 Å². The summed E-state index contributed by atoms with van der Waals surface area (Å²) in [5.41, 5.74) is 0. The van der Waals surface area contributed by atoms with E-state index in [0.29, 0.717) is 0 Å². The Morgan fingerprint density at radius 2 is 1.16 bits per heavy atom. The Hall–Kier alpha value is -1.17. The zero-order chi connectivity index (χ0) is 32.5. The first kappa shape index (κ1) is 35.7. The fourth-order valence-electron chi connectivity index (χ4n) is 5.69. The van der Waals surface area contributed by atoms with Gasteiger partial charge in [0.2, 0.25) is 5.91 Å². The lowest BCUT2D eigenvalue weighted by Gasteiger charge is -2.50. The molecule has 44 heavy (non-hydrogen) atoms. The second-order valence-corrected chi connectivity index (χ2v) is 11.6. The van der Waals surface area contributed by atoms with Crippen LogP contribution in [0.4, 0.5) is 0 Å². The summed E-state index contributed by atoms with van der Waals surface area (Å²) < 4.78 is 40.4. The third-order valence-corrected chi connectivity index (χ3v) is 8.29. The molecule has 4 aliphatic heterocycles. The largest absolute Gasteiger partial charge is 0.394 e. The Bertz CT molecular complexity index is 933. The van der Waals surface area contributed by atoms with Crippen molar-refractivity contribution in [1.29, 1.82) is 0 Å². The van der Waals surface area contributed by atoms with E-state index in [1.54, 1.807) is 6.92 Å². The molecule has 18 atom stereocenters. The second-order valence-electron chi connectivity index (χ2n) is 11.6. The van der Waals surface area contributed by atoms with Gasteiger partial charge in [-0.1, -0.05) is 0 Å². The predicted molar refractivity (Wildman–Crippen MR) is 140 cm³/mol. The first-order valence-corrected chi connectivity index (χ1v) is 14.6. The van der Waals surface area contributed by atoms with Crippen LogP contribution in [0.5, 0.6) is 0 Å². The first-order chi connectivity index (χ1) is 20.7. The van der Waals surface area contributed by atoms with Gasteiger partial charge in [0.1, 0.15) is 61.0 Å². The lowest BCUT2D eigenvalue weighted by atomic mass is 9.94. The summed E-state index contributed by atoms with van der Waals surface area (Å²) in [5, 5.41) is 96.1. The van der Waals surface area contributed by atoms with Crippen LogP contribution >= 0.6 is 0 Å². The monoisotopic (exact) mass is 643 g/mol. The summed E-state index contributed by atoms with van der Waals surface area (Å²) in [4.78, 5) is 12.1. The van der Waals surface area contributed by atoms with Crippen LogP contribution in [0.2, 0.25) is 0 Å². The highest BCUT2D eigenvalue weighted by molar-refractivity contribution is 5.73. The summed E-state index contributed by atoms with van der Waals surface area (Å²) in [6, 6.07) is -1.42. The van der Waals surface area contributed by atoms with Gasteiger partial charge in [-0.3, -0.25) is 4.79 Å². The van der Waals surface area contributed by atoms with Gasteiger partial charge in [-0.15, -0.1) is 0 Å². The number of nitrogens with one attached hydrogen (secondary N) is 1. The molecular formula is C26H45NO17. The highest BCUT2D eigenvalue weighted by Gasteiger charge is 2.54. The fraction of sp³-hybridized carbons (Fsp3) is 0.962. The smallest absolute Gasteiger partial charge is 0.217 e. The molecule has 18 heteroatoms. The number of rotatable bonds is 9. The zero-order valence-electron chi connectivity index (χ0n) is 24.5. The highest BCUT2D eigenvalue weighted by Crippen LogP contribution is 2.35. The van der Waals surface area contributed by atoms with Gasteiger partial charge in [0.05, 0.1) is 37.6 Å². The summed E-state index contributed by atoms with van der Waals surface area (Å²) in [7, 11) is 0.